The van der Waals surface area contributed by atoms with Gasteiger partial charge < -0.3 is 5.32 Å². The molecule has 28 heavy (non-hydrogen) atoms. The molecule has 148 valence electrons. The molecule has 6 nitrogen and oxygen atoms in total. The van der Waals surface area contributed by atoms with Gasteiger partial charge in [-0.25, -0.2) is 0 Å². The molecule has 0 aliphatic heterocycles. The number of alkyl halides is 3. The number of nitrogens with zero attached hydrogens (tertiary/aromatic N) is 4. The van der Waals surface area contributed by atoms with Crippen LogP contribution in [0.25, 0.3) is 0 Å². The Labute approximate surface area is 160 Å². The number of halogens is 3. The number of nitrogens with one attached hydrogen (secondary N) is 1. The van der Waals surface area contributed by atoms with E-state index < -0.39 is 17.8 Å². The molecule has 0 fully saturated rings. The Balaban J connectivity index is 1.68. The highest BCUT2D eigenvalue weighted by Gasteiger charge is 2.34. The lowest BCUT2D eigenvalue weighted by atomic mass is 10.2. The van der Waals surface area contributed by atoms with Crippen molar-refractivity contribution in [2.24, 2.45) is 0 Å². The Bertz CT molecular complexity index is 1000. The zero-order valence-corrected chi connectivity index (χ0v) is 15.7. The van der Waals surface area contributed by atoms with Gasteiger partial charge >= 0.3 is 6.18 Å². The number of aryl methyl sites for hydroxylation is 3. The predicted octanol–water partition coefficient (Wildman–Crippen LogP) is 3.71. The standard InChI is InChI=1S/C19H20F3N5O/c1-12-7-13(2)26(24-12)10-15-5-4-6-16(9-15)23-18(28)11-27-14(3)8-17(25-27)19(20,21)22/h4-9H,10-11H2,1-3H3,(H,23,28). The lowest BCUT2D eigenvalue weighted by molar-refractivity contribution is -0.141. The number of hydrogen-bond acceptors (Lipinski definition) is 3. The van der Waals surface area contributed by atoms with Crippen molar-refractivity contribution in [3.05, 3.63) is 64.7 Å². The zero-order chi connectivity index (χ0) is 20.5. The highest BCUT2D eigenvalue weighted by molar-refractivity contribution is 5.90. The van der Waals surface area contributed by atoms with Crippen molar-refractivity contribution in [3.8, 4) is 0 Å². The molecule has 3 rings (SSSR count). The summed E-state index contributed by atoms with van der Waals surface area (Å²) in [6.45, 7) is 5.61. The summed E-state index contributed by atoms with van der Waals surface area (Å²) in [7, 11) is 0. The molecule has 3 aromatic rings. The number of rotatable bonds is 5. The Kier molecular flexibility index (Phi) is 5.26. The van der Waals surface area contributed by atoms with Gasteiger partial charge in [-0.2, -0.15) is 23.4 Å². The van der Waals surface area contributed by atoms with Gasteiger partial charge in [0, 0.05) is 17.1 Å². The van der Waals surface area contributed by atoms with Crippen LogP contribution in [0.5, 0.6) is 0 Å². The van der Waals surface area contributed by atoms with E-state index in [4.69, 9.17) is 0 Å². The highest BCUT2D eigenvalue weighted by atomic mass is 19.4. The molecule has 1 N–H and O–H groups in total. The Hall–Kier alpha value is -3.10. The molecule has 0 spiro atoms. The number of anilines is 1. The van der Waals surface area contributed by atoms with E-state index in [0.29, 0.717) is 12.2 Å². The lowest BCUT2D eigenvalue weighted by Crippen LogP contribution is -2.21. The van der Waals surface area contributed by atoms with Gasteiger partial charge in [0.2, 0.25) is 5.91 Å². The molecule has 2 heterocycles. The quantitative estimate of drug-likeness (QED) is 0.721. The number of carbonyl (C=O) groups is 1. The summed E-state index contributed by atoms with van der Waals surface area (Å²) in [6, 6.07) is 10.2. The topological polar surface area (TPSA) is 64.7 Å². The zero-order valence-electron chi connectivity index (χ0n) is 15.7. The Morgan fingerprint density at radius 3 is 2.36 bits per heavy atom. The van der Waals surface area contributed by atoms with Gasteiger partial charge in [0.1, 0.15) is 6.54 Å². The van der Waals surface area contributed by atoms with E-state index in [0.717, 1.165) is 27.7 Å². The summed E-state index contributed by atoms with van der Waals surface area (Å²) in [6.07, 6.45) is -4.54. The fraction of sp³-hybridized carbons (Fsp3) is 0.316. The second-order valence-electron chi connectivity index (χ2n) is 6.66. The van der Waals surface area contributed by atoms with Crippen molar-refractivity contribution < 1.29 is 18.0 Å². The third kappa shape index (κ3) is 4.59. The largest absolute Gasteiger partial charge is 0.435 e. The predicted molar refractivity (Wildman–Crippen MR) is 97.8 cm³/mol. The Morgan fingerprint density at radius 1 is 1.04 bits per heavy atom. The third-order valence-corrected chi connectivity index (χ3v) is 4.21. The van der Waals surface area contributed by atoms with Gasteiger partial charge in [-0.05, 0) is 50.6 Å². The monoisotopic (exact) mass is 391 g/mol. The molecule has 9 heteroatoms. The molecule has 0 aliphatic rings. The van der Waals surface area contributed by atoms with Crippen molar-refractivity contribution >= 4 is 11.6 Å². The van der Waals surface area contributed by atoms with E-state index in [1.54, 1.807) is 12.1 Å². The minimum absolute atomic E-state index is 0.265. The van der Waals surface area contributed by atoms with Crippen LogP contribution in [-0.4, -0.2) is 25.5 Å². The molecular formula is C19H20F3N5O. The molecule has 0 unspecified atom stereocenters. The second-order valence-corrected chi connectivity index (χ2v) is 6.66. The average Bonchev–Trinajstić information content (AvgIpc) is 3.10. The van der Waals surface area contributed by atoms with Crippen LogP contribution in [0.15, 0.2) is 36.4 Å². The number of aromatic nitrogens is 4. The van der Waals surface area contributed by atoms with Gasteiger partial charge in [-0.15, -0.1) is 0 Å². The summed E-state index contributed by atoms with van der Waals surface area (Å²) < 4.78 is 41.1. The minimum atomic E-state index is -4.54. The molecule has 0 saturated carbocycles. The van der Waals surface area contributed by atoms with Crippen LogP contribution in [0.2, 0.25) is 0 Å². The number of hydrogen-bond donors (Lipinski definition) is 1. The molecule has 1 amide bonds. The van der Waals surface area contributed by atoms with E-state index in [-0.39, 0.29) is 12.2 Å². The van der Waals surface area contributed by atoms with Gasteiger partial charge in [0.25, 0.3) is 0 Å². The van der Waals surface area contributed by atoms with Crippen molar-refractivity contribution in [2.45, 2.75) is 40.0 Å². The van der Waals surface area contributed by atoms with Gasteiger partial charge in [-0.1, -0.05) is 12.1 Å². The van der Waals surface area contributed by atoms with Crippen molar-refractivity contribution in [2.75, 3.05) is 5.32 Å². The summed E-state index contributed by atoms with van der Waals surface area (Å²) in [5, 5.41) is 10.6. The number of benzene rings is 1. The molecule has 1 aromatic carbocycles. The fourth-order valence-corrected chi connectivity index (χ4v) is 2.90. The van der Waals surface area contributed by atoms with E-state index in [2.05, 4.69) is 15.5 Å². The minimum Gasteiger partial charge on any atom is -0.324 e. The second kappa shape index (κ2) is 7.49. The maximum absolute atomic E-state index is 12.7. The van der Waals surface area contributed by atoms with Crippen LogP contribution in [0, 0.1) is 20.8 Å². The van der Waals surface area contributed by atoms with Crippen LogP contribution >= 0.6 is 0 Å². The molecule has 0 aliphatic carbocycles. The average molecular weight is 391 g/mol. The van der Waals surface area contributed by atoms with Crippen LogP contribution in [0.4, 0.5) is 18.9 Å². The third-order valence-electron chi connectivity index (χ3n) is 4.21. The van der Waals surface area contributed by atoms with Gasteiger partial charge in [-0.3, -0.25) is 14.2 Å². The van der Waals surface area contributed by atoms with Crippen LogP contribution in [0.1, 0.15) is 28.3 Å². The van der Waals surface area contributed by atoms with Crippen LogP contribution in [-0.2, 0) is 24.1 Å². The van der Waals surface area contributed by atoms with E-state index >= 15 is 0 Å². The summed E-state index contributed by atoms with van der Waals surface area (Å²) >= 11 is 0. The molecule has 0 saturated heterocycles. The molecule has 2 aromatic heterocycles. The molecule has 0 atom stereocenters. The number of amides is 1. The maximum Gasteiger partial charge on any atom is 0.435 e. The smallest absolute Gasteiger partial charge is 0.324 e. The first kappa shape index (κ1) is 19.7. The maximum atomic E-state index is 12.7. The summed E-state index contributed by atoms with van der Waals surface area (Å²) in [5.41, 5.74) is 2.71. The first-order valence-electron chi connectivity index (χ1n) is 8.63. The summed E-state index contributed by atoms with van der Waals surface area (Å²) in [5.74, 6) is -0.455. The van der Waals surface area contributed by atoms with Gasteiger partial charge in [0.05, 0.1) is 12.2 Å². The first-order valence-corrected chi connectivity index (χ1v) is 8.63. The van der Waals surface area contributed by atoms with Crippen molar-refractivity contribution in [3.63, 3.8) is 0 Å². The van der Waals surface area contributed by atoms with Crippen LogP contribution < -0.4 is 5.32 Å². The van der Waals surface area contributed by atoms with E-state index in [1.807, 2.05) is 36.7 Å². The first-order chi connectivity index (χ1) is 13.1. The highest BCUT2D eigenvalue weighted by Crippen LogP contribution is 2.28. The van der Waals surface area contributed by atoms with E-state index in [9.17, 15) is 18.0 Å². The van der Waals surface area contributed by atoms with E-state index in [1.165, 1.54) is 6.92 Å². The fourth-order valence-electron chi connectivity index (χ4n) is 2.90. The normalized spacial score (nSPS) is 11.6. The van der Waals surface area contributed by atoms with Crippen molar-refractivity contribution in [1.82, 2.24) is 19.6 Å². The Morgan fingerprint density at radius 2 is 1.75 bits per heavy atom. The molecule has 0 bridgehead atoms. The van der Waals surface area contributed by atoms with Crippen LogP contribution in [0.3, 0.4) is 0 Å². The molecule has 0 radical (unpaired) electrons. The van der Waals surface area contributed by atoms with Gasteiger partial charge in [0.15, 0.2) is 5.69 Å². The molecular weight excluding hydrogens is 371 g/mol. The summed E-state index contributed by atoms with van der Waals surface area (Å²) in [4.78, 5) is 12.2. The number of carbonyl (C=O) groups excluding carboxylic acids is 1. The lowest BCUT2D eigenvalue weighted by Gasteiger charge is -2.10. The SMILES string of the molecule is Cc1cc(C)n(Cc2cccc(NC(=O)Cn3nc(C(F)(F)F)cc3C)c2)n1. The van der Waals surface area contributed by atoms with Crippen molar-refractivity contribution in [1.29, 1.82) is 0 Å².